The molecule has 0 N–H and O–H groups in total. The Bertz CT molecular complexity index is 1240. The molecule has 4 aromatic rings. The van der Waals surface area contributed by atoms with Gasteiger partial charge < -0.3 is 4.74 Å². The topological polar surface area (TPSA) is 54.8 Å². The number of hydrogen-bond donors (Lipinski definition) is 0. The fourth-order valence-corrected chi connectivity index (χ4v) is 3.77. The maximum atomic E-state index is 13.6. The van der Waals surface area contributed by atoms with Gasteiger partial charge in [-0.25, -0.2) is 13.8 Å². The highest BCUT2D eigenvalue weighted by atomic mass is 32.1. The quantitative estimate of drug-likeness (QED) is 0.289. The number of nitrogens with zero attached hydrogens (tertiary/aromatic N) is 3. The maximum absolute atomic E-state index is 13.6. The van der Waals surface area contributed by atoms with Crippen molar-refractivity contribution in [2.24, 2.45) is 5.10 Å². The number of hydrazone groups is 1. The fourth-order valence-electron chi connectivity index (χ4n) is 2.82. The molecule has 0 spiro atoms. The molecule has 8 heteroatoms. The van der Waals surface area contributed by atoms with Crippen LogP contribution in [0.4, 0.5) is 13.9 Å². The summed E-state index contributed by atoms with van der Waals surface area (Å²) in [6, 6.07) is 16.6. The van der Waals surface area contributed by atoms with Gasteiger partial charge in [0.05, 0.1) is 23.0 Å². The van der Waals surface area contributed by atoms with Crippen LogP contribution in [0.5, 0.6) is 5.75 Å². The lowest BCUT2D eigenvalue weighted by molar-refractivity contribution is 0.0988. The Morgan fingerprint density at radius 3 is 2.48 bits per heavy atom. The van der Waals surface area contributed by atoms with Gasteiger partial charge in [0.15, 0.2) is 0 Å². The molecule has 0 unspecified atom stereocenters. The zero-order chi connectivity index (χ0) is 21.8. The van der Waals surface area contributed by atoms with E-state index in [-0.39, 0.29) is 10.7 Å². The summed E-state index contributed by atoms with van der Waals surface area (Å²) in [4.78, 5) is 17.5. The van der Waals surface area contributed by atoms with Gasteiger partial charge in [-0.05, 0) is 79.2 Å². The van der Waals surface area contributed by atoms with Crippen molar-refractivity contribution in [1.82, 2.24) is 4.98 Å². The van der Waals surface area contributed by atoms with Crippen LogP contribution in [0.2, 0.25) is 0 Å². The summed E-state index contributed by atoms with van der Waals surface area (Å²) in [6.07, 6.45) is 1.52. The highest BCUT2D eigenvalue weighted by Gasteiger charge is 2.21. The average Bonchev–Trinajstić information content (AvgIpc) is 3.18. The predicted octanol–water partition coefficient (Wildman–Crippen LogP) is 5.65. The van der Waals surface area contributed by atoms with Gasteiger partial charge in [-0.1, -0.05) is 11.3 Å². The molecule has 0 fully saturated rings. The molecule has 4 rings (SSSR count). The third-order valence-corrected chi connectivity index (χ3v) is 5.31. The summed E-state index contributed by atoms with van der Waals surface area (Å²) in [6.45, 7) is 2.46. The summed E-state index contributed by atoms with van der Waals surface area (Å²) in [5, 5.41) is 5.74. The summed E-state index contributed by atoms with van der Waals surface area (Å²) < 4.78 is 32.9. The number of ether oxygens (including phenoxy) is 1. The van der Waals surface area contributed by atoms with E-state index in [2.05, 4.69) is 10.1 Å². The molecule has 156 valence electrons. The minimum absolute atomic E-state index is 0.246. The molecule has 3 aromatic carbocycles. The van der Waals surface area contributed by atoms with Crippen molar-refractivity contribution in [3.8, 4) is 5.75 Å². The Labute approximate surface area is 181 Å². The SMILES string of the molecule is CCOc1ccc(/C=N/N(C(=O)c2ccc(F)cc2)c2nc3ccc(F)cc3s2)cc1. The van der Waals surface area contributed by atoms with Crippen LogP contribution in [0.3, 0.4) is 0 Å². The standard InChI is InChI=1S/C23H17F2N3O2S/c1-2-30-19-10-3-15(4-11-19)14-26-28(22(29)16-5-7-17(24)8-6-16)23-27-20-12-9-18(25)13-21(20)31-23/h3-14H,2H2,1H3/b26-14+. The van der Waals surface area contributed by atoms with Crippen LogP contribution < -0.4 is 9.75 Å². The smallest absolute Gasteiger partial charge is 0.280 e. The van der Waals surface area contributed by atoms with Gasteiger partial charge in [0.25, 0.3) is 5.91 Å². The summed E-state index contributed by atoms with van der Waals surface area (Å²) >= 11 is 1.14. The number of fused-ring (bicyclic) bond motifs is 1. The molecule has 0 bridgehead atoms. The molecule has 1 amide bonds. The van der Waals surface area contributed by atoms with Crippen molar-refractivity contribution in [3.05, 3.63) is 89.5 Å². The van der Waals surface area contributed by atoms with E-state index in [9.17, 15) is 13.6 Å². The second-order valence-corrected chi connectivity index (χ2v) is 7.49. The van der Waals surface area contributed by atoms with Crippen LogP contribution >= 0.6 is 11.3 Å². The second kappa shape index (κ2) is 9.01. The van der Waals surface area contributed by atoms with Crippen LogP contribution in [-0.2, 0) is 0 Å². The average molecular weight is 437 g/mol. The van der Waals surface area contributed by atoms with E-state index >= 15 is 0 Å². The highest BCUT2D eigenvalue weighted by molar-refractivity contribution is 7.22. The number of halogens is 2. The van der Waals surface area contributed by atoms with Gasteiger partial charge >= 0.3 is 0 Å². The van der Waals surface area contributed by atoms with E-state index in [1.165, 1.54) is 42.6 Å². The Morgan fingerprint density at radius 2 is 1.77 bits per heavy atom. The van der Waals surface area contributed by atoms with Crippen LogP contribution in [0, 0.1) is 11.6 Å². The number of thiazole rings is 1. The molecule has 1 aromatic heterocycles. The van der Waals surface area contributed by atoms with Gasteiger partial charge in [-0.2, -0.15) is 10.1 Å². The number of hydrogen-bond acceptors (Lipinski definition) is 5. The van der Waals surface area contributed by atoms with E-state index in [0.717, 1.165) is 27.7 Å². The molecule has 1 heterocycles. The van der Waals surface area contributed by atoms with E-state index in [0.29, 0.717) is 16.8 Å². The Morgan fingerprint density at radius 1 is 1.06 bits per heavy atom. The lowest BCUT2D eigenvalue weighted by Crippen LogP contribution is -2.25. The number of anilines is 1. The lowest BCUT2D eigenvalue weighted by atomic mass is 10.2. The van der Waals surface area contributed by atoms with Gasteiger partial charge in [-0.15, -0.1) is 0 Å². The van der Waals surface area contributed by atoms with Crippen LogP contribution in [0.25, 0.3) is 10.2 Å². The Kier molecular flexibility index (Phi) is 5.99. The van der Waals surface area contributed by atoms with Crippen molar-refractivity contribution in [2.45, 2.75) is 6.92 Å². The first-order valence-electron chi connectivity index (χ1n) is 9.46. The Balaban J connectivity index is 1.70. The normalized spacial score (nSPS) is 11.2. The predicted molar refractivity (Wildman–Crippen MR) is 118 cm³/mol. The first-order chi connectivity index (χ1) is 15.0. The van der Waals surface area contributed by atoms with Crippen molar-refractivity contribution in [3.63, 3.8) is 0 Å². The molecule has 0 aliphatic heterocycles. The Hall–Kier alpha value is -3.65. The molecular weight excluding hydrogens is 420 g/mol. The number of carbonyl (C=O) groups is 1. The van der Waals surface area contributed by atoms with Crippen LogP contribution in [-0.4, -0.2) is 23.7 Å². The summed E-state index contributed by atoms with van der Waals surface area (Å²) in [7, 11) is 0. The molecule has 0 saturated heterocycles. The zero-order valence-corrected chi connectivity index (χ0v) is 17.3. The molecule has 31 heavy (non-hydrogen) atoms. The van der Waals surface area contributed by atoms with Gasteiger partial charge in [-0.3, -0.25) is 4.79 Å². The molecule has 0 radical (unpaired) electrons. The van der Waals surface area contributed by atoms with Crippen molar-refractivity contribution >= 4 is 38.8 Å². The maximum Gasteiger partial charge on any atom is 0.280 e. The van der Waals surface area contributed by atoms with E-state index in [1.54, 1.807) is 18.2 Å². The monoisotopic (exact) mass is 437 g/mol. The van der Waals surface area contributed by atoms with Gasteiger partial charge in [0, 0.05) is 5.56 Å². The number of amides is 1. The molecule has 5 nitrogen and oxygen atoms in total. The van der Waals surface area contributed by atoms with Gasteiger partial charge in [0.2, 0.25) is 5.13 Å². The van der Waals surface area contributed by atoms with Gasteiger partial charge in [0.1, 0.15) is 17.4 Å². The number of benzene rings is 3. The van der Waals surface area contributed by atoms with E-state index in [4.69, 9.17) is 4.74 Å². The molecule has 0 aliphatic rings. The third kappa shape index (κ3) is 4.75. The summed E-state index contributed by atoms with van der Waals surface area (Å²) in [5.41, 5.74) is 1.54. The molecular formula is C23H17F2N3O2S. The number of carbonyl (C=O) groups excluding carboxylic acids is 1. The lowest BCUT2D eigenvalue weighted by Gasteiger charge is -2.14. The van der Waals surface area contributed by atoms with Crippen molar-refractivity contribution in [1.29, 1.82) is 0 Å². The largest absolute Gasteiger partial charge is 0.494 e. The van der Waals surface area contributed by atoms with E-state index in [1.807, 2.05) is 19.1 Å². The van der Waals surface area contributed by atoms with Crippen LogP contribution in [0.15, 0.2) is 71.8 Å². The zero-order valence-electron chi connectivity index (χ0n) is 16.5. The first kappa shape index (κ1) is 20.6. The minimum atomic E-state index is -0.485. The third-order valence-electron chi connectivity index (χ3n) is 4.32. The van der Waals surface area contributed by atoms with Crippen molar-refractivity contribution < 1.29 is 18.3 Å². The van der Waals surface area contributed by atoms with Crippen molar-refractivity contribution in [2.75, 3.05) is 11.6 Å². The van der Waals surface area contributed by atoms with Crippen LogP contribution in [0.1, 0.15) is 22.8 Å². The number of rotatable bonds is 6. The first-order valence-corrected chi connectivity index (χ1v) is 10.3. The molecule has 0 saturated carbocycles. The molecule has 0 atom stereocenters. The fraction of sp³-hybridized carbons (Fsp3) is 0.0870. The summed E-state index contributed by atoms with van der Waals surface area (Å²) in [5.74, 6) is -0.595. The molecule has 0 aliphatic carbocycles. The highest BCUT2D eigenvalue weighted by Crippen LogP contribution is 2.30. The van der Waals surface area contributed by atoms with E-state index < -0.39 is 17.5 Å². The second-order valence-electron chi connectivity index (χ2n) is 6.48. The number of aromatic nitrogens is 1. The minimum Gasteiger partial charge on any atom is -0.494 e.